The van der Waals surface area contributed by atoms with Crippen LogP contribution >= 0.6 is 0 Å². The standard InChI is InChI=1S/C17H15F3O2/c1-11(2)22-16(21)15-13(12-7-4-3-5-8-12)9-6-10-14(15)17(18,19)20/h3-11H,1-2H3. The van der Waals surface area contributed by atoms with Gasteiger partial charge in [-0.05, 0) is 31.0 Å². The molecule has 0 atom stereocenters. The van der Waals surface area contributed by atoms with Crippen LogP contribution in [0.1, 0.15) is 29.8 Å². The molecule has 0 N–H and O–H groups in total. The van der Waals surface area contributed by atoms with Crippen molar-refractivity contribution in [3.05, 3.63) is 59.7 Å². The third-order valence-corrected chi connectivity index (χ3v) is 3.00. The fourth-order valence-corrected chi connectivity index (χ4v) is 2.14. The third-order valence-electron chi connectivity index (χ3n) is 3.00. The van der Waals surface area contributed by atoms with Crippen LogP contribution in [0.25, 0.3) is 11.1 Å². The number of carbonyl (C=O) groups excluding carboxylic acids is 1. The summed E-state index contributed by atoms with van der Waals surface area (Å²) in [5.41, 5.74) is -0.695. The molecule has 5 heteroatoms. The first-order chi connectivity index (χ1) is 10.3. The Kier molecular flexibility index (Phi) is 4.54. The van der Waals surface area contributed by atoms with Crippen molar-refractivity contribution in [1.29, 1.82) is 0 Å². The fourth-order valence-electron chi connectivity index (χ4n) is 2.14. The summed E-state index contributed by atoms with van der Waals surface area (Å²) in [6.07, 6.45) is -5.13. The first-order valence-electron chi connectivity index (χ1n) is 6.77. The Labute approximate surface area is 126 Å². The zero-order valence-corrected chi connectivity index (χ0v) is 12.1. The summed E-state index contributed by atoms with van der Waals surface area (Å²) in [4.78, 5) is 12.2. The zero-order chi connectivity index (χ0) is 16.3. The molecule has 0 bridgehead atoms. The van der Waals surface area contributed by atoms with Crippen molar-refractivity contribution in [1.82, 2.24) is 0 Å². The average Bonchev–Trinajstić information content (AvgIpc) is 2.45. The maximum absolute atomic E-state index is 13.2. The monoisotopic (exact) mass is 308 g/mol. The van der Waals surface area contributed by atoms with Crippen LogP contribution in [0.15, 0.2) is 48.5 Å². The molecule has 0 aliphatic carbocycles. The van der Waals surface area contributed by atoms with Gasteiger partial charge in [-0.25, -0.2) is 4.79 Å². The molecule has 0 spiro atoms. The minimum atomic E-state index is -4.63. The third kappa shape index (κ3) is 3.47. The number of hydrogen-bond donors (Lipinski definition) is 0. The van der Waals surface area contributed by atoms with Gasteiger partial charge in [0.25, 0.3) is 0 Å². The molecular weight excluding hydrogens is 293 g/mol. The number of rotatable bonds is 3. The van der Waals surface area contributed by atoms with Crippen LogP contribution in [0.3, 0.4) is 0 Å². The van der Waals surface area contributed by atoms with E-state index in [4.69, 9.17) is 4.74 Å². The first-order valence-corrected chi connectivity index (χ1v) is 6.77. The van der Waals surface area contributed by atoms with E-state index in [0.29, 0.717) is 5.56 Å². The van der Waals surface area contributed by atoms with E-state index in [9.17, 15) is 18.0 Å². The van der Waals surface area contributed by atoms with Crippen LogP contribution in [0.5, 0.6) is 0 Å². The minimum absolute atomic E-state index is 0.209. The second kappa shape index (κ2) is 6.22. The van der Waals surface area contributed by atoms with Crippen molar-refractivity contribution in [2.24, 2.45) is 0 Å². The Hall–Kier alpha value is -2.30. The SMILES string of the molecule is CC(C)OC(=O)c1c(-c2ccccc2)cccc1C(F)(F)F. The fraction of sp³-hybridized carbons (Fsp3) is 0.235. The molecule has 0 aliphatic heterocycles. The highest BCUT2D eigenvalue weighted by Gasteiger charge is 2.37. The second-order valence-electron chi connectivity index (χ2n) is 5.05. The number of esters is 1. The smallest absolute Gasteiger partial charge is 0.417 e. The van der Waals surface area contributed by atoms with E-state index in [2.05, 4.69) is 0 Å². The molecule has 0 saturated heterocycles. The van der Waals surface area contributed by atoms with Gasteiger partial charge in [0.15, 0.2) is 0 Å². The number of alkyl halides is 3. The Morgan fingerprint density at radius 2 is 1.64 bits per heavy atom. The van der Waals surface area contributed by atoms with E-state index in [1.165, 1.54) is 12.1 Å². The topological polar surface area (TPSA) is 26.3 Å². The maximum Gasteiger partial charge on any atom is 0.417 e. The van der Waals surface area contributed by atoms with Crippen molar-refractivity contribution < 1.29 is 22.7 Å². The van der Waals surface area contributed by atoms with Gasteiger partial charge in [0.05, 0.1) is 17.2 Å². The normalized spacial score (nSPS) is 11.5. The van der Waals surface area contributed by atoms with Crippen molar-refractivity contribution in [3.8, 4) is 11.1 Å². The lowest BCUT2D eigenvalue weighted by molar-refractivity contribution is -0.138. The molecule has 2 aromatic rings. The summed E-state index contributed by atoms with van der Waals surface area (Å²) < 4.78 is 44.7. The molecule has 116 valence electrons. The van der Waals surface area contributed by atoms with Crippen molar-refractivity contribution >= 4 is 5.97 Å². The molecule has 0 radical (unpaired) electrons. The van der Waals surface area contributed by atoms with Gasteiger partial charge in [-0.2, -0.15) is 13.2 Å². The van der Waals surface area contributed by atoms with Gasteiger partial charge in [-0.1, -0.05) is 42.5 Å². The highest BCUT2D eigenvalue weighted by atomic mass is 19.4. The molecule has 0 saturated carbocycles. The summed E-state index contributed by atoms with van der Waals surface area (Å²) in [5, 5.41) is 0. The van der Waals surface area contributed by atoms with E-state index in [-0.39, 0.29) is 5.56 Å². The van der Waals surface area contributed by atoms with E-state index < -0.39 is 29.4 Å². The van der Waals surface area contributed by atoms with E-state index in [1.54, 1.807) is 44.2 Å². The Bertz CT molecular complexity index is 661. The molecule has 0 aliphatic rings. The summed E-state index contributed by atoms with van der Waals surface area (Å²) in [6.45, 7) is 3.19. The molecule has 0 unspecified atom stereocenters. The molecule has 2 nitrogen and oxygen atoms in total. The van der Waals surface area contributed by atoms with Crippen LogP contribution in [-0.4, -0.2) is 12.1 Å². The summed E-state index contributed by atoms with van der Waals surface area (Å²) in [5.74, 6) is -0.971. The number of hydrogen-bond acceptors (Lipinski definition) is 2. The molecule has 2 rings (SSSR count). The molecule has 0 heterocycles. The molecule has 0 aromatic heterocycles. The second-order valence-corrected chi connectivity index (χ2v) is 5.05. The minimum Gasteiger partial charge on any atom is -0.459 e. The largest absolute Gasteiger partial charge is 0.459 e. The number of carbonyl (C=O) groups is 1. The number of ether oxygens (including phenoxy) is 1. The highest BCUT2D eigenvalue weighted by molar-refractivity contribution is 5.99. The van der Waals surface area contributed by atoms with Gasteiger partial charge in [0, 0.05) is 0 Å². The summed E-state index contributed by atoms with van der Waals surface area (Å²) in [7, 11) is 0. The molecule has 22 heavy (non-hydrogen) atoms. The molecular formula is C17H15F3O2. The Balaban J connectivity index is 2.66. The quantitative estimate of drug-likeness (QED) is 0.751. The van der Waals surface area contributed by atoms with Crippen LogP contribution in [0.2, 0.25) is 0 Å². The van der Waals surface area contributed by atoms with E-state index in [1.807, 2.05) is 0 Å². The van der Waals surface area contributed by atoms with Gasteiger partial charge in [0.2, 0.25) is 0 Å². The van der Waals surface area contributed by atoms with Gasteiger partial charge in [-0.15, -0.1) is 0 Å². The zero-order valence-electron chi connectivity index (χ0n) is 12.1. The molecule has 0 amide bonds. The van der Waals surface area contributed by atoms with Gasteiger partial charge >= 0.3 is 12.1 Å². The lowest BCUT2D eigenvalue weighted by Crippen LogP contribution is -2.19. The predicted molar refractivity (Wildman–Crippen MR) is 77.4 cm³/mol. The lowest BCUT2D eigenvalue weighted by atomic mass is 9.95. The Morgan fingerprint density at radius 3 is 2.18 bits per heavy atom. The van der Waals surface area contributed by atoms with Gasteiger partial charge in [0.1, 0.15) is 0 Å². The highest BCUT2D eigenvalue weighted by Crippen LogP contribution is 2.37. The molecule has 2 aromatic carbocycles. The van der Waals surface area contributed by atoms with Crippen LogP contribution < -0.4 is 0 Å². The van der Waals surface area contributed by atoms with Crippen LogP contribution in [0, 0.1) is 0 Å². The average molecular weight is 308 g/mol. The summed E-state index contributed by atoms with van der Waals surface area (Å²) >= 11 is 0. The van der Waals surface area contributed by atoms with Crippen LogP contribution in [0.4, 0.5) is 13.2 Å². The number of halogens is 3. The maximum atomic E-state index is 13.2. The van der Waals surface area contributed by atoms with Crippen molar-refractivity contribution in [2.45, 2.75) is 26.1 Å². The van der Waals surface area contributed by atoms with Crippen molar-refractivity contribution in [2.75, 3.05) is 0 Å². The Morgan fingerprint density at radius 1 is 1.00 bits per heavy atom. The van der Waals surface area contributed by atoms with Gasteiger partial charge in [-0.3, -0.25) is 0 Å². The molecule has 0 fully saturated rings. The van der Waals surface area contributed by atoms with Crippen molar-refractivity contribution in [3.63, 3.8) is 0 Å². The predicted octanol–water partition coefficient (Wildman–Crippen LogP) is 4.94. The van der Waals surface area contributed by atoms with E-state index >= 15 is 0 Å². The lowest BCUT2D eigenvalue weighted by Gasteiger charge is -2.17. The first kappa shape index (κ1) is 16.1. The number of benzene rings is 2. The van der Waals surface area contributed by atoms with Gasteiger partial charge < -0.3 is 4.74 Å². The summed E-state index contributed by atoms with van der Waals surface area (Å²) in [6, 6.07) is 12.1. The van der Waals surface area contributed by atoms with Crippen LogP contribution in [-0.2, 0) is 10.9 Å². The van der Waals surface area contributed by atoms with E-state index in [0.717, 1.165) is 6.07 Å².